The molecule has 1 fully saturated rings. The molecule has 1 aliphatic rings. The molecular formula is C7H14N. The molecule has 1 radical (unpaired) electrons. The summed E-state index contributed by atoms with van der Waals surface area (Å²) in [5, 5.41) is 3.32. The van der Waals surface area contributed by atoms with Gasteiger partial charge in [-0.1, -0.05) is 13.3 Å². The molecule has 1 saturated heterocycles. The van der Waals surface area contributed by atoms with E-state index in [0.717, 1.165) is 0 Å². The van der Waals surface area contributed by atoms with Crippen molar-refractivity contribution in [3.8, 4) is 0 Å². The number of rotatable bonds is 2. The van der Waals surface area contributed by atoms with Gasteiger partial charge in [-0.25, -0.2) is 0 Å². The van der Waals surface area contributed by atoms with Crippen LogP contribution in [0.3, 0.4) is 0 Å². The van der Waals surface area contributed by atoms with Crippen LogP contribution in [-0.2, 0) is 0 Å². The summed E-state index contributed by atoms with van der Waals surface area (Å²) < 4.78 is 0. The first-order valence-corrected chi connectivity index (χ1v) is 3.47. The summed E-state index contributed by atoms with van der Waals surface area (Å²) in [6.07, 6.45) is 3.98. The summed E-state index contributed by atoms with van der Waals surface area (Å²) in [6, 6.07) is 0. The second-order valence-corrected chi connectivity index (χ2v) is 2.43. The van der Waals surface area contributed by atoms with Crippen LogP contribution in [0.4, 0.5) is 0 Å². The lowest BCUT2D eigenvalue weighted by Crippen LogP contribution is -2.07. The summed E-state index contributed by atoms with van der Waals surface area (Å²) in [7, 11) is 0. The summed E-state index contributed by atoms with van der Waals surface area (Å²) >= 11 is 0. The Morgan fingerprint density at radius 3 is 3.00 bits per heavy atom. The molecule has 1 heterocycles. The zero-order valence-electron chi connectivity index (χ0n) is 5.54. The van der Waals surface area contributed by atoms with E-state index in [1.54, 1.807) is 5.92 Å². The quantitative estimate of drug-likeness (QED) is 0.568. The standard InChI is InChI=1S/C7H14N/c1-2-3-7-4-5-8-6-7/h8H,2-6H2,1H3. The lowest BCUT2D eigenvalue weighted by atomic mass is 10.0. The van der Waals surface area contributed by atoms with Gasteiger partial charge < -0.3 is 5.32 Å². The fraction of sp³-hybridized carbons (Fsp3) is 0.857. The van der Waals surface area contributed by atoms with Crippen LogP contribution in [0.5, 0.6) is 0 Å². The lowest BCUT2D eigenvalue weighted by molar-refractivity contribution is 0.762. The van der Waals surface area contributed by atoms with Gasteiger partial charge in [-0.3, -0.25) is 0 Å². The molecule has 0 bridgehead atoms. The van der Waals surface area contributed by atoms with Crippen molar-refractivity contribution in [2.75, 3.05) is 13.1 Å². The highest BCUT2D eigenvalue weighted by Crippen LogP contribution is 2.15. The molecule has 47 valence electrons. The van der Waals surface area contributed by atoms with E-state index in [-0.39, 0.29) is 0 Å². The number of hydrogen-bond donors (Lipinski definition) is 1. The molecule has 0 aromatic carbocycles. The highest BCUT2D eigenvalue weighted by molar-refractivity contribution is 4.96. The molecule has 0 aromatic rings. The summed E-state index contributed by atoms with van der Waals surface area (Å²) in [5.74, 6) is 1.72. The fourth-order valence-electron chi connectivity index (χ4n) is 1.19. The van der Waals surface area contributed by atoms with Gasteiger partial charge in [0.1, 0.15) is 0 Å². The first-order chi connectivity index (χ1) is 3.93. The maximum Gasteiger partial charge on any atom is 0.00141 e. The van der Waals surface area contributed by atoms with E-state index in [1.807, 2.05) is 0 Å². The Labute approximate surface area is 51.5 Å². The van der Waals surface area contributed by atoms with E-state index in [2.05, 4.69) is 12.2 Å². The number of hydrogen-bond acceptors (Lipinski definition) is 1. The molecular weight excluding hydrogens is 98.1 g/mol. The van der Waals surface area contributed by atoms with Crippen molar-refractivity contribution in [1.82, 2.24) is 5.32 Å². The SMILES string of the molecule is CCC[C]1CCNC1. The van der Waals surface area contributed by atoms with Crippen LogP contribution in [-0.4, -0.2) is 13.1 Å². The zero-order valence-corrected chi connectivity index (χ0v) is 5.54. The minimum atomic E-state index is 1.19. The third-order valence-corrected chi connectivity index (χ3v) is 1.63. The maximum atomic E-state index is 3.32. The highest BCUT2D eigenvalue weighted by Gasteiger charge is 2.12. The topological polar surface area (TPSA) is 12.0 Å². The van der Waals surface area contributed by atoms with Gasteiger partial charge >= 0.3 is 0 Å². The van der Waals surface area contributed by atoms with Crippen LogP contribution in [0.1, 0.15) is 26.2 Å². The highest BCUT2D eigenvalue weighted by atomic mass is 14.9. The van der Waals surface area contributed by atoms with Crippen molar-refractivity contribution in [3.05, 3.63) is 5.92 Å². The predicted octanol–water partition coefficient (Wildman–Crippen LogP) is 1.35. The van der Waals surface area contributed by atoms with E-state index >= 15 is 0 Å². The fourth-order valence-corrected chi connectivity index (χ4v) is 1.19. The van der Waals surface area contributed by atoms with E-state index in [4.69, 9.17) is 0 Å². The summed E-state index contributed by atoms with van der Waals surface area (Å²) in [5.41, 5.74) is 0. The van der Waals surface area contributed by atoms with Crippen LogP contribution in [0.15, 0.2) is 0 Å². The molecule has 1 heteroatoms. The first kappa shape index (κ1) is 6.09. The van der Waals surface area contributed by atoms with Crippen LogP contribution in [0.2, 0.25) is 0 Å². The minimum Gasteiger partial charge on any atom is -0.316 e. The minimum absolute atomic E-state index is 1.19. The second kappa shape index (κ2) is 3.08. The maximum absolute atomic E-state index is 3.32. The van der Waals surface area contributed by atoms with E-state index in [1.165, 1.54) is 32.4 Å². The van der Waals surface area contributed by atoms with E-state index in [9.17, 15) is 0 Å². The summed E-state index contributed by atoms with van der Waals surface area (Å²) in [4.78, 5) is 0. The molecule has 8 heavy (non-hydrogen) atoms. The van der Waals surface area contributed by atoms with Crippen LogP contribution < -0.4 is 5.32 Å². The third kappa shape index (κ3) is 1.48. The van der Waals surface area contributed by atoms with Gasteiger partial charge in [0, 0.05) is 6.54 Å². The third-order valence-electron chi connectivity index (χ3n) is 1.63. The Hall–Kier alpha value is -0.0400. The smallest absolute Gasteiger partial charge is 0.00141 e. The molecule has 0 atom stereocenters. The largest absolute Gasteiger partial charge is 0.316 e. The average Bonchev–Trinajstić information content (AvgIpc) is 2.19. The van der Waals surface area contributed by atoms with Crippen molar-refractivity contribution < 1.29 is 0 Å². The monoisotopic (exact) mass is 112 g/mol. The zero-order chi connectivity index (χ0) is 5.82. The molecule has 0 aromatic heterocycles. The second-order valence-electron chi connectivity index (χ2n) is 2.43. The molecule has 0 unspecified atom stereocenters. The van der Waals surface area contributed by atoms with Gasteiger partial charge in [0.25, 0.3) is 0 Å². The molecule has 1 nitrogen and oxygen atoms in total. The Balaban J connectivity index is 2.06. The molecule has 1 aliphatic heterocycles. The summed E-state index contributed by atoms with van der Waals surface area (Å²) in [6.45, 7) is 4.65. The van der Waals surface area contributed by atoms with Gasteiger partial charge in [-0.05, 0) is 25.3 Å². The van der Waals surface area contributed by atoms with Gasteiger partial charge in [0.15, 0.2) is 0 Å². The van der Waals surface area contributed by atoms with Gasteiger partial charge in [-0.2, -0.15) is 0 Å². The van der Waals surface area contributed by atoms with Crippen molar-refractivity contribution >= 4 is 0 Å². The molecule has 0 aliphatic carbocycles. The van der Waals surface area contributed by atoms with Crippen LogP contribution in [0.25, 0.3) is 0 Å². The van der Waals surface area contributed by atoms with Crippen LogP contribution in [0, 0.1) is 5.92 Å². The van der Waals surface area contributed by atoms with Crippen molar-refractivity contribution in [1.29, 1.82) is 0 Å². The molecule has 0 saturated carbocycles. The van der Waals surface area contributed by atoms with Crippen LogP contribution >= 0.6 is 0 Å². The van der Waals surface area contributed by atoms with E-state index < -0.39 is 0 Å². The Morgan fingerprint density at radius 2 is 2.50 bits per heavy atom. The lowest BCUT2D eigenvalue weighted by Gasteiger charge is -2.01. The van der Waals surface area contributed by atoms with Gasteiger partial charge in [0.05, 0.1) is 0 Å². The van der Waals surface area contributed by atoms with Gasteiger partial charge in [0.2, 0.25) is 0 Å². The molecule has 0 spiro atoms. The van der Waals surface area contributed by atoms with Crippen molar-refractivity contribution in [3.63, 3.8) is 0 Å². The molecule has 1 rings (SSSR count). The predicted molar refractivity (Wildman–Crippen MR) is 35.6 cm³/mol. The first-order valence-electron chi connectivity index (χ1n) is 3.47. The average molecular weight is 112 g/mol. The van der Waals surface area contributed by atoms with Crippen molar-refractivity contribution in [2.45, 2.75) is 26.2 Å². The Kier molecular flexibility index (Phi) is 2.34. The molecule has 1 N–H and O–H groups in total. The normalized spacial score (nSPS) is 22.1. The Morgan fingerprint density at radius 1 is 1.62 bits per heavy atom. The Bertz CT molecular complexity index is 55.4. The van der Waals surface area contributed by atoms with E-state index in [0.29, 0.717) is 0 Å². The number of nitrogens with one attached hydrogen (secondary N) is 1. The van der Waals surface area contributed by atoms with Gasteiger partial charge in [-0.15, -0.1) is 0 Å². The van der Waals surface area contributed by atoms with Crippen molar-refractivity contribution in [2.24, 2.45) is 0 Å². The molecule has 0 amide bonds.